The molecule has 0 fully saturated rings. The number of nitrogens with one attached hydrogen (secondary N) is 2. The van der Waals surface area contributed by atoms with E-state index in [2.05, 4.69) is 43.5 Å². The van der Waals surface area contributed by atoms with Crippen molar-refractivity contribution in [3.05, 3.63) is 112 Å². The molecule has 190 valence electrons. The van der Waals surface area contributed by atoms with E-state index < -0.39 is 11.5 Å². The molecule has 0 saturated carbocycles. The number of anilines is 2. The molecule has 2 N–H and O–H groups in total. The quantitative estimate of drug-likeness (QED) is 0.224. The minimum absolute atomic E-state index is 0.0117. The van der Waals surface area contributed by atoms with Gasteiger partial charge in [0.25, 0.3) is 11.5 Å². The van der Waals surface area contributed by atoms with Gasteiger partial charge in [0, 0.05) is 40.6 Å². The number of amides is 1. The van der Waals surface area contributed by atoms with Crippen molar-refractivity contribution in [2.45, 2.75) is 13.3 Å². The molecule has 0 saturated heterocycles. The summed E-state index contributed by atoms with van der Waals surface area (Å²) in [4.78, 5) is 35.4. The molecular weight excluding hydrogens is 546 g/mol. The molecule has 8 nitrogen and oxygen atoms in total. The lowest BCUT2D eigenvalue weighted by molar-refractivity contribution is 0.102. The van der Waals surface area contributed by atoms with Gasteiger partial charge in [-0.3, -0.25) is 14.2 Å². The van der Waals surface area contributed by atoms with Crippen LogP contribution in [0.2, 0.25) is 0 Å². The molecule has 0 atom stereocenters. The molecule has 0 spiro atoms. The Kier molecular flexibility index (Phi) is 7.46. The van der Waals surface area contributed by atoms with Gasteiger partial charge >= 0.3 is 0 Å². The molecule has 3 aromatic heterocycles. The van der Waals surface area contributed by atoms with Crippen LogP contribution in [-0.4, -0.2) is 27.0 Å². The summed E-state index contributed by atoms with van der Waals surface area (Å²) >= 11 is 3.41. The van der Waals surface area contributed by atoms with Gasteiger partial charge in [-0.05, 0) is 79.2 Å². The second kappa shape index (κ2) is 11.3. The number of hydrogen-bond acceptors (Lipinski definition) is 6. The van der Waals surface area contributed by atoms with Gasteiger partial charge in [-0.15, -0.1) is 0 Å². The highest BCUT2D eigenvalue weighted by atomic mass is 79.9. The average molecular weight is 570 g/mol. The van der Waals surface area contributed by atoms with Gasteiger partial charge in [0.15, 0.2) is 0 Å². The first-order valence-electron chi connectivity index (χ1n) is 12.1. The van der Waals surface area contributed by atoms with Crippen molar-refractivity contribution >= 4 is 44.4 Å². The number of benzene rings is 2. The molecule has 5 aromatic rings. The van der Waals surface area contributed by atoms with Gasteiger partial charge in [-0.1, -0.05) is 22.9 Å². The third kappa shape index (κ3) is 5.57. The van der Waals surface area contributed by atoms with Crippen LogP contribution in [0.3, 0.4) is 0 Å². The maximum absolute atomic E-state index is 13.5. The molecule has 0 radical (unpaired) electrons. The van der Waals surface area contributed by atoms with E-state index in [-0.39, 0.29) is 5.56 Å². The molecule has 9 heteroatoms. The van der Waals surface area contributed by atoms with E-state index in [1.54, 1.807) is 67.0 Å². The molecule has 0 aliphatic rings. The molecule has 38 heavy (non-hydrogen) atoms. The summed E-state index contributed by atoms with van der Waals surface area (Å²) in [5, 5.41) is 6.72. The van der Waals surface area contributed by atoms with E-state index in [1.807, 2.05) is 24.3 Å². The van der Waals surface area contributed by atoms with Gasteiger partial charge in [-0.2, -0.15) is 0 Å². The summed E-state index contributed by atoms with van der Waals surface area (Å²) in [7, 11) is 0. The van der Waals surface area contributed by atoms with Crippen molar-refractivity contribution in [2.24, 2.45) is 0 Å². The third-order valence-electron chi connectivity index (χ3n) is 5.73. The van der Waals surface area contributed by atoms with Gasteiger partial charge < -0.3 is 15.4 Å². The van der Waals surface area contributed by atoms with Gasteiger partial charge in [0.2, 0.25) is 0 Å². The number of rotatable bonds is 8. The first-order valence-corrected chi connectivity index (χ1v) is 12.9. The number of aromatic nitrogens is 3. The molecule has 1 amide bonds. The lowest BCUT2D eigenvalue weighted by Gasteiger charge is -2.13. The Labute approximate surface area is 227 Å². The van der Waals surface area contributed by atoms with Crippen LogP contribution in [0.5, 0.6) is 11.5 Å². The highest BCUT2D eigenvalue weighted by Crippen LogP contribution is 2.25. The summed E-state index contributed by atoms with van der Waals surface area (Å²) in [6.07, 6.45) is 4.30. The molecule has 0 unspecified atom stereocenters. The van der Waals surface area contributed by atoms with Gasteiger partial charge in [0.1, 0.15) is 28.5 Å². The first-order chi connectivity index (χ1) is 18.5. The highest BCUT2D eigenvalue weighted by molar-refractivity contribution is 9.10. The summed E-state index contributed by atoms with van der Waals surface area (Å²) < 4.78 is 8.26. The zero-order valence-electron chi connectivity index (χ0n) is 20.5. The van der Waals surface area contributed by atoms with E-state index >= 15 is 0 Å². The Hall–Kier alpha value is -4.50. The molecular formula is C29H24BrN5O3. The highest BCUT2D eigenvalue weighted by Gasteiger charge is 2.18. The SMILES string of the molecule is CCCNc1cc(Oc2ccc(NC(=O)c3cc4cccnc4n(-c4ccc(Br)cc4)c3=O)cc2)ccn1. The fraction of sp³-hybridized carbons (Fsp3) is 0.103. The number of ether oxygens (including phenoxy) is 1. The van der Waals surface area contributed by atoms with Crippen molar-refractivity contribution in [3.63, 3.8) is 0 Å². The van der Waals surface area contributed by atoms with E-state index in [1.165, 1.54) is 4.57 Å². The van der Waals surface area contributed by atoms with Crippen LogP contribution in [-0.2, 0) is 0 Å². The zero-order chi connectivity index (χ0) is 26.5. The van der Waals surface area contributed by atoms with E-state index in [4.69, 9.17) is 4.74 Å². The fourth-order valence-electron chi connectivity index (χ4n) is 3.90. The van der Waals surface area contributed by atoms with Crippen molar-refractivity contribution in [3.8, 4) is 17.2 Å². The Morgan fingerprint density at radius 3 is 2.50 bits per heavy atom. The molecule has 5 rings (SSSR count). The lowest BCUT2D eigenvalue weighted by atomic mass is 10.1. The smallest absolute Gasteiger partial charge is 0.269 e. The number of hydrogen-bond donors (Lipinski definition) is 2. The monoisotopic (exact) mass is 569 g/mol. The number of nitrogens with zero attached hydrogens (tertiary/aromatic N) is 3. The summed E-state index contributed by atoms with van der Waals surface area (Å²) in [6, 6.07) is 23.0. The average Bonchev–Trinajstić information content (AvgIpc) is 2.93. The number of halogens is 1. The van der Waals surface area contributed by atoms with Crippen LogP contribution < -0.4 is 20.9 Å². The predicted molar refractivity (Wildman–Crippen MR) is 153 cm³/mol. The minimum Gasteiger partial charge on any atom is -0.457 e. The maximum atomic E-state index is 13.5. The third-order valence-corrected chi connectivity index (χ3v) is 6.26. The Morgan fingerprint density at radius 1 is 0.947 bits per heavy atom. The normalized spacial score (nSPS) is 10.8. The van der Waals surface area contributed by atoms with E-state index in [0.717, 1.165) is 23.3 Å². The van der Waals surface area contributed by atoms with Crippen LogP contribution in [0.25, 0.3) is 16.7 Å². The Balaban J connectivity index is 1.38. The molecule has 0 aliphatic heterocycles. The van der Waals surface area contributed by atoms with E-state index in [0.29, 0.717) is 33.9 Å². The minimum atomic E-state index is -0.513. The number of pyridine rings is 3. The van der Waals surface area contributed by atoms with Crippen molar-refractivity contribution in [2.75, 3.05) is 17.2 Å². The Bertz CT molecular complexity index is 1650. The Morgan fingerprint density at radius 2 is 1.74 bits per heavy atom. The second-order valence-electron chi connectivity index (χ2n) is 8.48. The molecule has 3 heterocycles. The first kappa shape index (κ1) is 25.2. The number of fused-ring (bicyclic) bond motifs is 1. The largest absolute Gasteiger partial charge is 0.457 e. The number of carbonyl (C=O) groups is 1. The lowest BCUT2D eigenvalue weighted by Crippen LogP contribution is -2.29. The van der Waals surface area contributed by atoms with Crippen LogP contribution in [0.15, 0.2) is 101 Å². The van der Waals surface area contributed by atoms with Crippen LogP contribution >= 0.6 is 15.9 Å². The number of carbonyl (C=O) groups excluding carboxylic acids is 1. The summed E-state index contributed by atoms with van der Waals surface area (Å²) in [6.45, 7) is 2.91. The van der Waals surface area contributed by atoms with Crippen molar-refractivity contribution < 1.29 is 9.53 Å². The standard InChI is InChI=1S/C29H24BrN5O3/c1-2-14-31-26-18-24(13-16-32-26)38-23-11-7-21(8-12-23)34-28(36)25-17-19-4-3-15-33-27(19)35(29(25)37)22-9-5-20(30)6-10-22/h3-13,15-18H,2,14H2,1H3,(H,31,32)(H,34,36). The summed E-state index contributed by atoms with van der Waals surface area (Å²) in [5.74, 6) is 1.48. The van der Waals surface area contributed by atoms with Crippen LogP contribution in [0, 0.1) is 0 Å². The second-order valence-corrected chi connectivity index (χ2v) is 9.39. The summed E-state index contributed by atoms with van der Waals surface area (Å²) in [5.41, 5.74) is 1.17. The predicted octanol–water partition coefficient (Wildman–Crippen LogP) is 6.41. The molecule has 0 bridgehead atoms. The van der Waals surface area contributed by atoms with E-state index in [9.17, 15) is 9.59 Å². The van der Waals surface area contributed by atoms with Gasteiger partial charge in [-0.25, -0.2) is 9.97 Å². The topological polar surface area (TPSA) is 98.1 Å². The van der Waals surface area contributed by atoms with Crippen LogP contribution in [0.4, 0.5) is 11.5 Å². The maximum Gasteiger partial charge on any atom is 0.269 e. The molecule has 2 aromatic carbocycles. The zero-order valence-corrected chi connectivity index (χ0v) is 22.1. The van der Waals surface area contributed by atoms with Crippen molar-refractivity contribution in [1.82, 2.24) is 14.5 Å². The van der Waals surface area contributed by atoms with Crippen molar-refractivity contribution in [1.29, 1.82) is 0 Å². The molecule has 0 aliphatic carbocycles. The van der Waals surface area contributed by atoms with Crippen LogP contribution in [0.1, 0.15) is 23.7 Å². The fourth-order valence-corrected chi connectivity index (χ4v) is 4.16. The van der Waals surface area contributed by atoms with Gasteiger partial charge in [0.05, 0.1) is 5.69 Å².